The first-order valence-electron chi connectivity index (χ1n) is 14.0. The van der Waals surface area contributed by atoms with Crippen molar-refractivity contribution in [2.75, 3.05) is 19.6 Å². The molecule has 0 aliphatic carbocycles. The molecule has 5 nitrogen and oxygen atoms in total. The quantitative estimate of drug-likeness (QED) is 0.233. The summed E-state index contributed by atoms with van der Waals surface area (Å²) in [5.74, 6) is 1.75. The van der Waals surface area contributed by atoms with Gasteiger partial charge in [0.2, 0.25) is 0 Å². The number of rotatable bonds is 7. The Kier molecular flexibility index (Phi) is 8.20. The number of piperidine rings is 1. The number of aromatic nitrogens is 4. The van der Waals surface area contributed by atoms with Gasteiger partial charge in [-0.3, -0.25) is 4.90 Å². The average molecular weight is 540 g/mol. The zero-order valence-electron chi connectivity index (χ0n) is 23.2. The fourth-order valence-electron chi connectivity index (χ4n) is 6.00. The summed E-state index contributed by atoms with van der Waals surface area (Å²) in [5.41, 5.74) is 9.53. The van der Waals surface area contributed by atoms with Gasteiger partial charge < -0.3 is 9.55 Å². The highest BCUT2D eigenvalue weighted by Crippen LogP contribution is 2.33. The van der Waals surface area contributed by atoms with Crippen LogP contribution in [0.1, 0.15) is 59.5 Å². The predicted molar refractivity (Wildman–Crippen MR) is 165 cm³/mol. The molecule has 0 atom stereocenters. The molecule has 0 unspecified atom stereocenters. The summed E-state index contributed by atoms with van der Waals surface area (Å²) in [5, 5.41) is 1.39. The lowest BCUT2D eigenvalue weighted by molar-refractivity contribution is 0.233. The molecule has 1 N–H and O–H groups in total. The van der Waals surface area contributed by atoms with E-state index in [-0.39, 0.29) is 12.4 Å². The second kappa shape index (κ2) is 11.8. The van der Waals surface area contributed by atoms with E-state index in [0.29, 0.717) is 5.92 Å². The normalized spacial score (nSPS) is 14.9. The Morgan fingerprint density at radius 2 is 1.77 bits per heavy atom. The lowest BCUT2D eigenvalue weighted by Crippen LogP contribution is -2.32. The molecular formula is C33H38ClN5. The number of nitrogens with zero attached hydrogens (tertiary/aromatic N) is 4. The zero-order chi connectivity index (χ0) is 26.1. The molecule has 0 bridgehead atoms. The SMILES string of the molecule is CCc1nc2c(C)cc(C)nc2n1Cc1ccc(C=CCN2CCC(c3c[nH]c4ccccc34)CC2)cc1.Cl. The lowest BCUT2D eigenvalue weighted by Gasteiger charge is -2.31. The number of aryl methyl sites for hydroxylation is 3. The van der Waals surface area contributed by atoms with Crippen LogP contribution in [0.3, 0.4) is 0 Å². The number of benzene rings is 2. The smallest absolute Gasteiger partial charge is 0.160 e. The third-order valence-corrected chi connectivity index (χ3v) is 8.06. The van der Waals surface area contributed by atoms with Gasteiger partial charge in [0.05, 0.1) is 6.54 Å². The second-order valence-electron chi connectivity index (χ2n) is 10.7. The number of nitrogens with one attached hydrogen (secondary N) is 1. The monoisotopic (exact) mass is 539 g/mol. The van der Waals surface area contributed by atoms with Crippen molar-refractivity contribution < 1.29 is 0 Å². The highest BCUT2D eigenvalue weighted by Gasteiger charge is 2.22. The highest BCUT2D eigenvalue weighted by atomic mass is 35.5. The molecule has 6 heteroatoms. The molecule has 1 fully saturated rings. The van der Waals surface area contributed by atoms with Gasteiger partial charge in [0.15, 0.2) is 5.65 Å². The van der Waals surface area contributed by atoms with Crippen molar-refractivity contribution in [2.45, 2.75) is 52.5 Å². The van der Waals surface area contributed by atoms with E-state index in [2.05, 4.69) is 108 Å². The van der Waals surface area contributed by atoms with Crippen LogP contribution >= 0.6 is 12.4 Å². The van der Waals surface area contributed by atoms with E-state index < -0.39 is 0 Å². The standard InChI is InChI=1S/C33H37N5.ClH/c1-4-31-36-32-23(2)20-24(3)35-33(32)38(31)22-26-13-11-25(12-14-26)8-7-17-37-18-15-27(16-19-37)29-21-34-30-10-6-5-9-28(29)30;/h5-14,20-21,27,34H,4,15-19,22H2,1-3H3;1H. The molecule has 0 amide bonds. The molecule has 0 spiro atoms. The van der Waals surface area contributed by atoms with Crippen LogP contribution in [0.2, 0.25) is 0 Å². The van der Waals surface area contributed by atoms with Crippen molar-refractivity contribution in [1.29, 1.82) is 0 Å². The summed E-state index contributed by atoms with van der Waals surface area (Å²) in [6.07, 6.45) is 10.1. The van der Waals surface area contributed by atoms with E-state index in [1.54, 1.807) is 0 Å². The summed E-state index contributed by atoms with van der Waals surface area (Å²) in [6, 6.07) is 19.7. The highest BCUT2D eigenvalue weighted by molar-refractivity contribution is 5.85. The molecule has 202 valence electrons. The fraction of sp³-hybridized carbons (Fsp3) is 0.333. The number of para-hydroxylation sites is 1. The number of imidazole rings is 1. The van der Waals surface area contributed by atoms with Crippen LogP contribution in [0.4, 0.5) is 0 Å². The molecule has 5 aromatic rings. The van der Waals surface area contributed by atoms with Gasteiger partial charge >= 0.3 is 0 Å². The number of pyridine rings is 1. The largest absolute Gasteiger partial charge is 0.361 e. The summed E-state index contributed by atoms with van der Waals surface area (Å²) >= 11 is 0. The van der Waals surface area contributed by atoms with Crippen molar-refractivity contribution >= 4 is 40.5 Å². The van der Waals surface area contributed by atoms with Gasteiger partial charge in [0, 0.05) is 35.8 Å². The number of likely N-dealkylation sites (tertiary alicyclic amines) is 1. The minimum Gasteiger partial charge on any atom is -0.361 e. The molecule has 6 rings (SSSR count). The predicted octanol–water partition coefficient (Wildman–Crippen LogP) is 7.45. The van der Waals surface area contributed by atoms with Gasteiger partial charge in [-0.05, 0) is 80.1 Å². The van der Waals surface area contributed by atoms with Gasteiger partial charge in [-0.1, -0.05) is 61.5 Å². The summed E-state index contributed by atoms with van der Waals surface area (Å²) in [6.45, 7) is 10.5. The van der Waals surface area contributed by atoms with Crippen molar-refractivity contribution in [3.8, 4) is 0 Å². The third-order valence-electron chi connectivity index (χ3n) is 8.06. The van der Waals surface area contributed by atoms with Gasteiger partial charge in [0.1, 0.15) is 11.3 Å². The zero-order valence-corrected chi connectivity index (χ0v) is 24.0. The van der Waals surface area contributed by atoms with Gasteiger partial charge in [-0.15, -0.1) is 12.4 Å². The van der Waals surface area contributed by atoms with Gasteiger partial charge in [-0.2, -0.15) is 0 Å². The van der Waals surface area contributed by atoms with E-state index in [1.807, 2.05) is 0 Å². The molecule has 0 saturated carbocycles. The summed E-state index contributed by atoms with van der Waals surface area (Å²) in [4.78, 5) is 15.7. The number of aromatic amines is 1. The van der Waals surface area contributed by atoms with E-state index in [1.165, 1.54) is 46.0 Å². The minimum absolute atomic E-state index is 0. The third kappa shape index (κ3) is 5.66. The van der Waals surface area contributed by atoms with E-state index in [4.69, 9.17) is 9.97 Å². The van der Waals surface area contributed by atoms with E-state index >= 15 is 0 Å². The summed E-state index contributed by atoms with van der Waals surface area (Å²) in [7, 11) is 0. The van der Waals surface area contributed by atoms with Crippen LogP contribution < -0.4 is 0 Å². The van der Waals surface area contributed by atoms with Crippen LogP contribution in [0, 0.1) is 13.8 Å². The first-order chi connectivity index (χ1) is 18.6. The number of H-pyrrole nitrogens is 1. The Balaban J connectivity index is 0.00000308. The molecule has 39 heavy (non-hydrogen) atoms. The maximum absolute atomic E-state index is 4.89. The Morgan fingerprint density at radius 1 is 1.00 bits per heavy atom. The molecule has 1 aliphatic rings. The van der Waals surface area contributed by atoms with Gasteiger partial charge in [-0.25, -0.2) is 9.97 Å². The molecule has 0 radical (unpaired) electrons. The lowest BCUT2D eigenvalue weighted by atomic mass is 9.89. The van der Waals surface area contributed by atoms with Crippen molar-refractivity contribution in [1.82, 2.24) is 24.4 Å². The first-order valence-corrected chi connectivity index (χ1v) is 14.0. The molecule has 3 aromatic heterocycles. The second-order valence-corrected chi connectivity index (χ2v) is 10.7. The van der Waals surface area contributed by atoms with Crippen LogP contribution in [0.25, 0.3) is 28.1 Å². The molecule has 2 aromatic carbocycles. The number of hydrogen-bond acceptors (Lipinski definition) is 3. The van der Waals surface area contributed by atoms with Crippen LogP contribution in [-0.2, 0) is 13.0 Å². The van der Waals surface area contributed by atoms with Crippen LogP contribution in [0.5, 0.6) is 0 Å². The molecular weight excluding hydrogens is 502 g/mol. The maximum atomic E-state index is 4.89. The maximum Gasteiger partial charge on any atom is 0.160 e. The van der Waals surface area contributed by atoms with Crippen molar-refractivity contribution in [3.63, 3.8) is 0 Å². The van der Waals surface area contributed by atoms with E-state index in [9.17, 15) is 0 Å². The Bertz CT molecular complexity index is 1590. The van der Waals surface area contributed by atoms with Crippen molar-refractivity contribution in [3.05, 3.63) is 101 Å². The topological polar surface area (TPSA) is 49.7 Å². The van der Waals surface area contributed by atoms with Crippen LogP contribution in [-0.4, -0.2) is 44.1 Å². The number of halogens is 1. The van der Waals surface area contributed by atoms with E-state index in [0.717, 1.165) is 55.3 Å². The number of fused-ring (bicyclic) bond motifs is 2. The molecule has 1 aliphatic heterocycles. The minimum atomic E-state index is 0. The number of hydrogen-bond donors (Lipinski definition) is 1. The molecule has 1 saturated heterocycles. The fourth-order valence-corrected chi connectivity index (χ4v) is 6.00. The van der Waals surface area contributed by atoms with Gasteiger partial charge in [0.25, 0.3) is 0 Å². The van der Waals surface area contributed by atoms with Crippen molar-refractivity contribution in [2.24, 2.45) is 0 Å². The van der Waals surface area contributed by atoms with Crippen LogP contribution in [0.15, 0.2) is 66.9 Å². The first kappa shape index (κ1) is 27.2. The Labute approximate surface area is 237 Å². The Morgan fingerprint density at radius 3 is 2.54 bits per heavy atom. The summed E-state index contributed by atoms with van der Waals surface area (Å²) < 4.78 is 2.28. The molecule has 4 heterocycles. The Hall–Kier alpha value is -3.41. The average Bonchev–Trinajstić information content (AvgIpc) is 3.52.